The third-order valence-electron chi connectivity index (χ3n) is 3.37. The normalized spacial score (nSPS) is 22.4. The topological polar surface area (TPSA) is 75.4 Å². The average Bonchev–Trinajstić information content (AvgIpc) is 3.09. The molecule has 0 aromatic carbocycles. The lowest BCUT2D eigenvalue weighted by molar-refractivity contribution is -0.131. The number of carbonyl (C=O) groups is 2. The zero-order valence-electron chi connectivity index (χ0n) is 11.0. The lowest BCUT2D eigenvalue weighted by Crippen LogP contribution is -2.40. The molecule has 0 spiro atoms. The number of urea groups is 1. The van der Waals surface area contributed by atoms with E-state index in [1.54, 1.807) is 19.9 Å². The van der Waals surface area contributed by atoms with Gasteiger partial charge in [-0.3, -0.25) is 9.69 Å². The molecule has 7 heteroatoms. The summed E-state index contributed by atoms with van der Waals surface area (Å²) in [7, 11) is 0. The van der Waals surface area contributed by atoms with Gasteiger partial charge in [-0.2, -0.15) is 11.3 Å². The van der Waals surface area contributed by atoms with E-state index in [9.17, 15) is 9.59 Å². The van der Waals surface area contributed by atoms with Gasteiger partial charge in [0.2, 0.25) is 0 Å². The summed E-state index contributed by atoms with van der Waals surface area (Å²) in [6, 6.07) is 3.14. The van der Waals surface area contributed by atoms with E-state index in [0.717, 1.165) is 10.5 Å². The molecular formula is C13H13N3O3S. The lowest BCUT2D eigenvalue weighted by Gasteiger charge is -2.20. The number of aryl methyl sites for hydroxylation is 1. The third-order valence-corrected chi connectivity index (χ3v) is 4.05. The fourth-order valence-corrected chi connectivity index (χ4v) is 3.00. The first-order valence-corrected chi connectivity index (χ1v) is 7.04. The van der Waals surface area contributed by atoms with Crippen LogP contribution < -0.4 is 5.32 Å². The number of nitrogens with zero attached hydrogens (tertiary/aromatic N) is 2. The maximum atomic E-state index is 12.5. The van der Waals surface area contributed by atoms with Crippen molar-refractivity contribution < 1.29 is 14.1 Å². The van der Waals surface area contributed by atoms with Crippen LogP contribution in [-0.2, 0) is 16.9 Å². The fraction of sp³-hybridized carbons (Fsp3) is 0.308. The molecule has 1 aliphatic heterocycles. The van der Waals surface area contributed by atoms with E-state index in [-0.39, 0.29) is 12.5 Å². The van der Waals surface area contributed by atoms with Crippen LogP contribution in [-0.4, -0.2) is 22.0 Å². The van der Waals surface area contributed by atoms with E-state index >= 15 is 0 Å². The Morgan fingerprint density at radius 2 is 2.30 bits per heavy atom. The Kier molecular flexibility index (Phi) is 2.86. The molecule has 1 saturated heterocycles. The highest BCUT2D eigenvalue weighted by atomic mass is 32.1. The van der Waals surface area contributed by atoms with Crippen molar-refractivity contribution in [2.45, 2.75) is 25.9 Å². The summed E-state index contributed by atoms with van der Waals surface area (Å²) in [5.74, 6) is 0.370. The van der Waals surface area contributed by atoms with Crippen molar-refractivity contribution in [3.8, 4) is 0 Å². The Bertz CT molecular complexity index is 664. The molecule has 1 atom stereocenters. The van der Waals surface area contributed by atoms with Gasteiger partial charge in [-0.15, -0.1) is 0 Å². The monoisotopic (exact) mass is 291 g/mol. The van der Waals surface area contributed by atoms with Crippen LogP contribution in [0.1, 0.15) is 23.9 Å². The minimum atomic E-state index is -1.00. The van der Waals surface area contributed by atoms with Crippen molar-refractivity contribution in [2.75, 3.05) is 0 Å². The van der Waals surface area contributed by atoms with Gasteiger partial charge in [0.15, 0.2) is 0 Å². The van der Waals surface area contributed by atoms with Crippen LogP contribution in [0.5, 0.6) is 0 Å². The summed E-state index contributed by atoms with van der Waals surface area (Å²) in [4.78, 5) is 25.7. The first-order valence-electron chi connectivity index (χ1n) is 6.09. The van der Waals surface area contributed by atoms with Gasteiger partial charge >= 0.3 is 6.03 Å². The van der Waals surface area contributed by atoms with E-state index in [1.807, 2.05) is 16.8 Å². The summed E-state index contributed by atoms with van der Waals surface area (Å²) < 4.78 is 4.95. The molecule has 2 aromatic rings. The molecule has 0 bridgehead atoms. The molecule has 0 saturated carbocycles. The van der Waals surface area contributed by atoms with Crippen LogP contribution in [0.3, 0.4) is 0 Å². The third kappa shape index (κ3) is 1.90. The summed E-state index contributed by atoms with van der Waals surface area (Å²) in [5, 5.41) is 10.3. The second-order valence-electron chi connectivity index (χ2n) is 4.89. The zero-order chi connectivity index (χ0) is 14.3. The predicted molar refractivity (Wildman–Crippen MR) is 72.0 cm³/mol. The van der Waals surface area contributed by atoms with Gasteiger partial charge < -0.3 is 9.84 Å². The molecule has 2 aromatic heterocycles. The molecule has 3 heterocycles. The van der Waals surface area contributed by atoms with Crippen LogP contribution in [0, 0.1) is 6.92 Å². The molecule has 0 radical (unpaired) electrons. The summed E-state index contributed by atoms with van der Waals surface area (Å²) in [6.45, 7) is 3.59. The average molecular weight is 291 g/mol. The van der Waals surface area contributed by atoms with Crippen molar-refractivity contribution >= 4 is 23.3 Å². The molecule has 3 amide bonds. The number of hydrogen-bond donors (Lipinski definition) is 1. The number of hydrogen-bond acceptors (Lipinski definition) is 5. The van der Waals surface area contributed by atoms with Gasteiger partial charge in [-0.25, -0.2) is 4.79 Å². The van der Waals surface area contributed by atoms with E-state index in [4.69, 9.17) is 4.52 Å². The molecule has 1 unspecified atom stereocenters. The van der Waals surface area contributed by atoms with E-state index in [0.29, 0.717) is 11.5 Å². The lowest BCUT2D eigenvalue weighted by atomic mass is 9.95. The maximum Gasteiger partial charge on any atom is 0.325 e. The number of amides is 3. The van der Waals surface area contributed by atoms with Gasteiger partial charge in [-0.1, -0.05) is 5.16 Å². The summed E-state index contributed by atoms with van der Waals surface area (Å²) in [6.07, 6.45) is 0. The molecule has 20 heavy (non-hydrogen) atoms. The van der Waals surface area contributed by atoms with Gasteiger partial charge in [0, 0.05) is 6.07 Å². The van der Waals surface area contributed by atoms with Crippen LogP contribution >= 0.6 is 11.3 Å². The number of nitrogens with one attached hydrogen (secondary N) is 1. The predicted octanol–water partition coefficient (Wildman–Crippen LogP) is 2.01. The Balaban J connectivity index is 1.87. The molecular weight excluding hydrogens is 278 g/mol. The van der Waals surface area contributed by atoms with Gasteiger partial charge in [-0.05, 0) is 36.2 Å². The molecule has 6 nitrogen and oxygen atoms in total. The molecule has 3 rings (SSSR count). The number of thiophene rings is 1. The Hall–Kier alpha value is -2.15. The van der Waals surface area contributed by atoms with Crippen LogP contribution in [0.2, 0.25) is 0 Å². The van der Waals surface area contributed by atoms with Gasteiger partial charge in [0.25, 0.3) is 5.91 Å². The number of imide groups is 1. The molecule has 1 aliphatic rings. The highest BCUT2D eigenvalue weighted by Crippen LogP contribution is 2.30. The maximum absolute atomic E-state index is 12.5. The van der Waals surface area contributed by atoms with Gasteiger partial charge in [0.1, 0.15) is 17.0 Å². The van der Waals surface area contributed by atoms with Crippen molar-refractivity contribution in [2.24, 2.45) is 0 Å². The van der Waals surface area contributed by atoms with Crippen molar-refractivity contribution in [1.29, 1.82) is 0 Å². The van der Waals surface area contributed by atoms with E-state index in [1.165, 1.54) is 11.3 Å². The first kappa shape index (κ1) is 12.9. The molecule has 1 fully saturated rings. The zero-order valence-corrected chi connectivity index (χ0v) is 11.9. The number of carbonyl (C=O) groups excluding carboxylic acids is 2. The van der Waals surface area contributed by atoms with Crippen LogP contribution in [0.25, 0.3) is 0 Å². The van der Waals surface area contributed by atoms with Crippen LogP contribution in [0.15, 0.2) is 27.4 Å². The Morgan fingerprint density at radius 3 is 2.90 bits per heavy atom. The number of rotatable bonds is 3. The minimum absolute atomic E-state index is 0.113. The summed E-state index contributed by atoms with van der Waals surface area (Å²) in [5.41, 5.74) is 0.343. The minimum Gasteiger partial charge on any atom is -0.361 e. The first-order chi connectivity index (χ1) is 9.50. The summed E-state index contributed by atoms with van der Waals surface area (Å²) >= 11 is 1.49. The van der Waals surface area contributed by atoms with Gasteiger partial charge in [0.05, 0.1) is 6.54 Å². The van der Waals surface area contributed by atoms with Crippen LogP contribution in [0.4, 0.5) is 4.79 Å². The Morgan fingerprint density at radius 1 is 1.50 bits per heavy atom. The smallest absolute Gasteiger partial charge is 0.325 e. The standard InChI is InChI=1S/C13H13N3O3S/c1-8-5-10(15-19-8)6-16-11(17)13(2,14-12(16)18)9-3-4-20-7-9/h3-5,7H,6H2,1-2H3,(H,14,18). The van der Waals surface area contributed by atoms with Crippen molar-refractivity contribution in [3.05, 3.63) is 39.9 Å². The van der Waals surface area contributed by atoms with Crippen molar-refractivity contribution in [1.82, 2.24) is 15.4 Å². The molecule has 1 N–H and O–H groups in total. The fourth-order valence-electron chi connectivity index (χ4n) is 2.24. The second kappa shape index (κ2) is 4.45. The van der Waals surface area contributed by atoms with E-state index in [2.05, 4.69) is 10.5 Å². The molecule has 0 aliphatic carbocycles. The largest absolute Gasteiger partial charge is 0.361 e. The second-order valence-corrected chi connectivity index (χ2v) is 5.67. The highest BCUT2D eigenvalue weighted by molar-refractivity contribution is 7.08. The van der Waals surface area contributed by atoms with Crippen molar-refractivity contribution in [3.63, 3.8) is 0 Å². The number of aromatic nitrogens is 1. The quantitative estimate of drug-likeness (QED) is 0.878. The highest BCUT2D eigenvalue weighted by Gasteiger charge is 2.49. The van der Waals surface area contributed by atoms with E-state index < -0.39 is 11.6 Å². The SMILES string of the molecule is Cc1cc(CN2C(=O)NC(C)(c3ccsc3)C2=O)no1. The Labute approximate surface area is 119 Å². The molecule has 104 valence electrons.